The summed E-state index contributed by atoms with van der Waals surface area (Å²) in [6.45, 7) is 3.46. The minimum atomic E-state index is -4.03. The number of hydrogen-bond donors (Lipinski definition) is 1. The summed E-state index contributed by atoms with van der Waals surface area (Å²) in [7, 11) is -2.55. The quantitative estimate of drug-likeness (QED) is 0.374. The van der Waals surface area contributed by atoms with Crippen LogP contribution in [0, 0.1) is 17.0 Å². The highest BCUT2D eigenvalue weighted by Crippen LogP contribution is 2.26. The van der Waals surface area contributed by atoms with E-state index in [2.05, 4.69) is 4.72 Å². The molecule has 0 bridgehead atoms. The number of sulfonamides is 1. The van der Waals surface area contributed by atoms with Crippen LogP contribution < -0.4 is 9.46 Å². The highest BCUT2D eigenvalue weighted by molar-refractivity contribution is 7.89. The molecule has 0 aromatic heterocycles. The predicted octanol–water partition coefficient (Wildman–Crippen LogP) is 2.88. The average molecular weight is 422 g/mol. The van der Waals surface area contributed by atoms with Crippen LogP contribution in [0.25, 0.3) is 0 Å². The lowest BCUT2D eigenvalue weighted by atomic mass is 10.0. The van der Waals surface area contributed by atoms with Crippen molar-refractivity contribution in [1.82, 2.24) is 4.72 Å². The topological polar surface area (TPSA) is 125 Å². The number of rotatable bonds is 9. The second-order valence-electron chi connectivity index (χ2n) is 6.17. The molecule has 0 radical (unpaired) electrons. The van der Waals surface area contributed by atoms with Crippen LogP contribution in [0.4, 0.5) is 5.69 Å². The molecular weight excluding hydrogens is 400 g/mol. The van der Waals surface area contributed by atoms with Gasteiger partial charge in [0.25, 0.3) is 5.69 Å². The summed E-state index contributed by atoms with van der Waals surface area (Å²) in [6, 6.07) is 8.76. The third kappa shape index (κ3) is 5.75. The number of ether oxygens (including phenoxy) is 2. The number of carbonyl (C=O) groups is 1. The predicted molar refractivity (Wildman–Crippen MR) is 105 cm³/mol. The standard InChI is InChI=1S/C19H22N2O7S/c1-4-28-19(22)12-17(14-6-5-7-15(11-14)21(23)24)20-29(25,26)16-8-9-18(27-3)13(2)10-16/h5-11,17,20H,4,12H2,1-3H3/t17-/m1/s1. The molecule has 0 fully saturated rings. The Morgan fingerprint density at radius 3 is 2.55 bits per heavy atom. The molecule has 1 atom stereocenters. The number of nitro groups is 1. The Morgan fingerprint density at radius 1 is 1.24 bits per heavy atom. The molecule has 10 heteroatoms. The van der Waals surface area contributed by atoms with E-state index in [4.69, 9.17) is 9.47 Å². The van der Waals surface area contributed by atoms with Gasteiger partial charge in [-0.15, -0.1) is 0 Å². The molecule has 0 amide bonds. The van der Waals surface area contributed by atoms with Crippen molar-refractivity contribution in [2.75, 3.05) is 13.7 Å². The van der Waals surface area contributed by atoms with Gasteiger partial charge in [0.05, 0.1) is 36.0 Å². The van der Waals surface area contributed by atoms with Gasteiger partial charge in [0, 0.05) is 12.1 Å². The highest BCUT2D eigenvalue weighted by Gasteiger charge is 2.26. The number of hydrogen-bond acceptors (Lipinski definition) is 7. The van der Waals surface area contributed by atoms with Crippen LogP contribution in [0.5, 0.6) is 5.75 Å². The molecule has 2 aromatic rings. The van der Waals surface area contributed by atoms with Gasteiger partial charge < -0.3 is 9.47 Å². The van der Waals surface area contributed by atoms with Gasteiger partial charge in [-0.3, -0.25) is 14.9 Å². The average Bonchev–Trinajstić information content (AvgIpc) is 2.67. The monoisotopic (exact) mass is 422 g/mol. The molecule has 1 N–H and O–H groups in total. The highest BCUT2D eigenvalue weighted by atomic mass is 32.2. The number of benzene rings is 2. The van der Waals surface area contributed by atoms with Crippen molar-refractivity contribution >= 4 is 21.7 Å². The first-order chi connectivity index (χ1) is 13.7. The second-order valence-corrected chi connectivity index (χ2v) is 7.88. The van der Waals surface area contributed by atoms with Crippen LogP contribution in [0.3, 0.4) is 0 Å². The van der Waals surface area contributed by atoms with Crippen molar-refractivity contribution in [3.8, 4) is 5.75 Å². The zero-order chi connectivity index (χ0) is 21.6. The Morgan fingerprint density at radius 2 is 1.97 bits per heavy atom. The fourth-order valence-corrected chi connectivity index (χ4v) is 4.05. The molecule has 2 rings (SSSR count). The van der Waals surface area contributed by atoms with Gasteiger partial charge in [-0.1, -0.05) is 12.1 Å². The summed E-state index contributed by atoms with van der Waals surface area (Å²) in [5.41, 5.74) is 0.685. The lowest BCUT2D eigenvalue weighted by Gasteiger charge is -2.19. The smallest absolute Gasteiger partial charge is 0.307 e. The number of nitro benzene ring substituents is 1. The lowest BCUT2D eigenvalue weighted by molar-refractivity contribution is -0.384. The van der Waals surface area contributed by atoms with Crippen LogP contribution >= 0.6 is 0 Å². The number of nitrogens with one attached hydrogen (secondary N) is 1. The number of esters is 1. The summed E-state index contributed by atoms with van der Waals surface area (Å²) in [5, 5.41) is 11.1. The van der Waals surface area contributed by atoms with Crippen molar-refractivity contribution < 1.29 is 27.6 Å². The molecule has 0 saturated carbocycles. The molecule has 0 aliphatic rings. The second kappa shape index (κ2) is 9.48. The number of methoxy groups -OCH3 is 1. The first kappa shape index (κ1) is 22.3. The third-order valence-electron chi connectivity index (χ3n) is 4.13. The number of carbonyl (C=O) groups excluding carboxylic acids is 1. The van der Waals surface area contributed by atoms with Crippen molar-refractivity contribution in [2.45, 2.75) is 31.2 Å². The Kier molecular flexibility index (Phi) is 7.29. The van der Waals surface area contributed by atoms with Crippen molar-refractivity contribution in [3.63, 3.8) is 0 Å². The van der Waals surface area contributed by atoms with Crippen LogP contribution in [0.2, 0.25) is 0 Å². The first-order valence-electron chi connectivity index (χ1n) is 8.75. The van der Waals surface area contributed by atoms with E-state index in [1.54, 1.807) is 13.8 Å². The Hall–Kier alpha value is -2.98. The zero-order valence-electron chi connectivity index (χ0n) is 16.2. The molecule has 9 nitrogen and oxygen atoms in total. The molecule has 0 heterocycles. The van der Waals surface area contributed by atoms with Crippen molar-refractivity contribution in [3.05, 3.63) is 63.7 Å². The van der Waals surface area contributed by atoms with E-state index in [1.807, 2.05) is 0 Å². The van der Waals surface area contributed by atoms with Gasteiger partial charge in [-0.2, -0.15) is 0 Å². The lowest BCUT2D eigenvalue weighted by Crippen LogP contribution is -2.31. The van der Waals surface area contributed by atoms with Gasteiger partial charge in [0.1, 0.15) is 5.75 Å². The Labute approximate surface area is 168 Å². The molecular formula is C19H22N2O7S. The number of non-ortho nitro benzene ring substituents is 1. The molecule has 0 spiro atoms. The zero-order valence-corrected chi connectivity index (χ0v) is 17.1. The molecule has 156 valence electrons. The molecule has 0 unspecified atom stereocenters. The molecule has 0 saturated heterocycles. The summed E-state index contributed by atoms with van der Waals surface area (Å²) in [6.07, 6.45) is -0.316. The number of aryl methyl sites for hydroxylation is 1. The summed E-state index contributed by atoms with van der Waals surface area (Å²) >= 11 is 0. The summed E-state index contributed by atoms with van der Waals surface area (Å²) in [4.78, 5) is 22.5. The van der Waals surface area contributed by atoms with Crippen molar-refractivity contribution in [2.24, 2.45) is 0 Å². The summed E-state index contributed by atoms with van der Waals surface area (Å²) in [5.74, 6) is -0.0941. The molecule has 0 aliphatic heterocycles. The van der Waals surface area contributed by atoms with E-state index in [-0.39, 0.29) is 29.2 Å². The van der Waals surface area contributed by atoms with Crippen molar-refractivity contribution in [1.29, 1.82) is 0 Å². The maximum absolute atomic E-state index is 12.9. The van der Waals surface area contributed by atoms with Crippen LogP contribution in [-0.2, 0) is 19.6 Å². The maximum atomic E-state index is 12.9. The SMILES string of the molecule is CCOC(=O)C[C@@H](NS(=O)(=O)c1ccc(OC)c(C)c1)c1cccc([N+](=O)[O-])c1. The van der Waals surface area contributed by atoms with Gasteiger partial charge in [-0.05, 0) is 43.2 Å². The largest absolute Gasteiger partial charge is 0.496 e. The van der Waals surface area contributed by atoms with Gasteiger partial charge in [0.2, 0.25) is 10.0 Å². The van der Waals surface area contributed by atoms with Crippen LogP contribution in [0.1, 0.15) is 30.5 Å². The van der Waals surface area contributed by atoms with Gasteiger partial charge in [-0.25, -0.2) is 13.1 Å². The molecule has 2 aromatic carbocycles. The fourth-order valence-electron chi connectivity index (χ4n) is 2.74. The van der Waals surface area contributed by atoms with Crippen LogP contribution in [-0.4, -0.2) is 33.0 Å². The minimum absolute atomic E-state index is 0.0184. The van der Waals surface area contributed by atoms with Crippen LogP contribution in [0.15, 0.2) is 47.4 Å². The summed E-state index contributed by atoms with van der Waals surface area (Å²) < 4.78 is 38.3. The van der Waals surface area contributed by atoms with E-state index in [1.165, 1.54) is 49.6 Å². The van der Waals surface area contributed by atoms with E-state index >= 15 is 0 Å². The Bertz CT molecular complexity index is 1010. The molecule has 0 aliphatic carbocycles. The van der Waals surface area contributed by atoms with E-state index in [0.29, 0.717) is 11.3 Å². The fraction of sp³-hybridized carbons (Fsp3) is 0.316. The van der Waals surface area contributed by atoms with Gasteiger partial charge >= 0.3 is 5.97 Å². The minimum Gasteiger partial charge on any atom is -0.496 e. The van der Waals surface area contributed by atoms with E-state index in [0.717, 1.165) is 0 Å². The normalized spacial score (nSPS) is 12.2. The maximum Gasteiger partial charge on any atom is 0.307 e. The van der Waals surface area contributed by atoms with E-state index < -0.39 is 27.0 Å². The van der Waals surface area contributed by atoms with E-state index in [9.17, 15) is 23.3 Å². The first-order valence-corrected chi connectivity index (χ1v) is 10.2. The van der Waals surface area contributed by atoms with Gasteiger partial charge in [0.15, 0.2) is 0 Å². The third-order valence-corrected chi connectivity index (χ3v) is 5.60. The molecule has 29 heavy (non-hydrogen) atoms. The number of nitrogens with zero attached hydrogens (tertiary/aromatic N) is 1. The Balaban J connectivity index is 2.40.